The van der Waals surface area contributed by atoms with Gasteiger partial charge in [-0.2, -0.15) is 0 Å². The molecule has 0 aromatic heterocycles. The van der Waals surface area contributed by atoms with E-state index < -0.39 is 0 Å². The molecular weight excluding hydrogens is 144 g/mol. The summed E-state index contributed by atoms with van der Waals surface area (Å²) in [6.45, 7) is 10.7. The molecular formula is C12H22. The minimum Gasteiger partial charge on any atom is -0.0810 e. The number of hydrogen-bond acceptors (Lipinski definition) is 0. The third-order valence-electron chi connectivity index (χ3n) is 2.45. The minimum absolute atomic E-state index is 1.23. The number of hydrogen-bond donors (Lipinski definition) is 0. The van der Waals surface area contributed by atoms with E-state index in [0.29, 0.717) is 0 Å². The fourth-order valence-electron chi connectivity index (χ4n) is 1.52. The first-order valence-corrected chi connectivity index (χ1v) is 5.11. The van der Waals surface area contributed by atoms with Crippen LogP contribution in [-0.2, 0) is 0 Å². The highest BCUT2D eigenvalue weighted by atomic mass is 14.1. The third-order valence-corrected chi connectivity index (χ3v) is 2.45. The molecule has 0 unspecified atom stereocenters. The van der Waals surface area contributed by atoms with E-state index in [2.05, 4.69) is 26.8 Å². The molecule has 0 heteroatoms. The molecule has 0 spiro atoms. The molecule has 70 valence electrons. The molecule has 0 aromatic rings. The average molecular weight is 166 g/mol. The smallest absolute Gasteiger partial charge is 0.0280 e. The van der Waals surface area contributed by atoms with Crippen molar-refractivity contribution in [2.75, 3.05) is 0 Å². The van der Waals surface area contributed by atoms with Gasteiger partial charge < -0.3 is 0 Å². The topological polar surface area (TPSA) is 0 Å². The van der Waals surface area contributed by atoms with Crippen molar-refractivity contribution < 1.29 is 0 Å². The van der Waals surface area contributed by atoms with Crippen LogP contribution in [0.25, 0.3) is 0 Å². The molecule has 0 aromatic carbocycles. The van der Waals surface area contributed by atoms with E-state index in [1.165, 1.54) is 30.4 Å². The highest BCUT2D eigenvalue weighted by Gasteiger charge is 2.05. The second kappa shape index (κ2) is 6.05. The lowest BCUT2D eigenvalue weighted by molar-refractivity contribution is 0.859. The molecule has 0 bridgehead atoms. The quantitative estimate of drug-likeness (QED) is 0.539. The predicted octanol–water partition coefficient (Wildman–Crippen LogP) is 4.48. The van der Waals surface area contributed by atoms with Crippen LogP contribution in [0.15, 0.2) is 22.8 Å². The molecule has 0 aliphatic heterocycles. The summed E-state index contributed by atoms with van der Waals surface area (Å²) < 4.78 is 0. The third kappa shape index (κ3) is 2.84. The van der Waals surface area contributed by atoms with Gasteiger partial charge in [0.1, 0.15) is 0 Å². The van der Waals surface area contributed by atoms with E-state index in [0.717, 1.165) is 0 Å². The summed E-state index contributed by atoms with van der Waals surface area (Å²) in [6, 6.07) is 0. The van der Waals surface area contributed by atoms with Crippen molar-refractivity contribution in [3.8, 4) is 0 Å². The summed E-state index contributed by atoms with van der Waals surface area (Å²) in [7, 11) is 0. The molecule has 1 aliphatic rings. The first-order chi connectivity index (χ1) is 5.75. The number of rotatable bonds is 1. The van der Waals surface area contributed by atoms with Gasteiger partial charge in [-0.05, 0) is 38.7 Å². The van der Waals surface area contributed by atoms with Crippen molar-refractivity contribution in [2.24, 2.45) is 0 Å². The Morgan fingerprint density at radius 1 is 1.25 bits per heavy atom. The Kier molecular flexibility index (Phi) is 5.79. The van der Waals surface area contributed by atoms with Crippen LogP contribution in [0.3, 0.4) is 0 Å². The average Bonchev–Trinajstić information content (AvgIpc) is 2.13. The van der Waals surface area contributed by atoms with Crippen LogP contribution in [-0.4, -0.2) is 0 Å². The van der Waals surface area contributed by atoms with E-state index in [4.69, 9.17) is 0 Å². The van der Waals surface area contributed by atoms with Crippen molar-refractivity contribution in [1.82, 2.24) is 0 Å². The van der Waals surface area contributed by atoms with Crippen LogP contribution in [0.4, 0.5) is 0 Å². The summed E-state index contributed by atoms with van der Waals surface area (Å²) in [5.41, 5.74) is 4.68. The maximum atomic E-state index is 2.34. The molecule has 0 amide bonds. The summed E-state index contributed by atoms with van der Waals surface area (Å²) in [4.78, 5) is 0. The predicted molar refractivity (Wildman–Crippen MR) is 57.3 cm³/mol. The van der Waals surface area contributed by atoms with Gasteiger partial charge in [0.15, 0.2) is 0 Å². The molecule has 0 heterocycles. The Bertz CT molecular complexity index is 182. The monoisotopic (exact) mass is 166 g/mol. The summed E-state index contributed by atoms with van der Waals surface area (Å²) in [5, 5.41) is 0. The Morgan fingerprint density at radius 3 is 2.25 bits per heavy atom. The Labute approximate surface area is 77.4 Å². The lowest BCUT2D eigenvalue weighted by Gasteiger charge is -2.15. The highest BCUT2D eigenvalue weighted by Crippen LogP contribution is 2.25. The van der Waals surface area contributed by atoms with Crippen molar-refractivity contribution in [3.05, 3.63) is 22.8 Å². The Balaban J connectivity index is 0.000000561. The molecule has 1 rings (SSSR count). The van der Waals surface area contributed by atoms with Gasteiger partial charge in [-0.3, -0.25) is 0 Å². The zero-order valence-electron chi connectivity index (χ0n) is 9.20. The molecule has 0 atom stereocenters. The van der Waals surface area contributed by atoms with Crippen molar-refractivity contribution in [1.29, 1.82) is 0 Å². The lowest BCUT2D eigenvalue weighted by atomic mass is 9.91. The molecule has 1 aliphatic carbocycles. The highest BCUT2D eigenvalue weighted by molar-refractivity contribution is 5.35. The molecule has 0 fully saturated rings. The summed E-state index contributed by atoms with van der Waals surface area (Å²) in [5.74, 6) is 0. The van der Waals surface area contributed by atoms with Gasteiger partial charge in [-0.1, -0.05) is 38.0 Å². The molecule has 0 radical (unpaired) electrons. The van der Waals surface area contributed by atoms with Gasteiger partial charge >= 0.3 is 0 Å². The summed E-state index contributed by atoms with van der Waals surface area (Å²) >= 11 is 0. The Hall–Kier alpha value is -0.520. The molecule has 0 saturated heterocycles. The van der Waals surface area contributed by atoms with Crippen molar-refractivity contribution in [3.63, 3.8) is 0 Å². The molecule has 0 N–H and O–H groups in total. The van der Waals surface area contributed by atoms with E-state index in [9.17, 15) is 0 Å². The van der Waals surface area contributed by atoms with Gasteiger partial charge in [0.05, 0.1) is 0 Å². The van der Waals surface area contributed by atoms with Gasteiger partial charge in [0.2, 0.25) is 0 Å². The van der Waals surface area contributed by atoms with Crippen LogP contribution in [0.1, 0.15) is 53.9 Å². The van der Waals surface area contributed by atoms with E-state index in [1.54, 1.807) is 5.57 Å². The van der Waals surface area contributed by atoms with Gasteiger partial charge in [0.25, 0.3) is 0 Å². The van der Waals surface area contributed by atoms with E-state index in [-0.39, 0.29) is 0 Å². The standard InChI is InChI=1S/C10H16.C2H6/c1-4-10-7-5-6-8(2)9(10)3;1-2/h6H,4-5,7H2,1-3H3;1-2H3. The minimum atomic E-state index is 1.23. The zero-order chi connectivity index (χ0) is 9.56. The fraction of sp³-hybridized carbons (Fsp3) is 0.667. The first-order valence-electron chi connectivity index (χ1n) is 5.11. The first kappa shape index (κ1) is 11.5. The van der Waals surface area contributed by atoms with E-state index in [1.807, 2.05) is 13.8 Å². The maximum Gasteiger partial charge on any atom is -0.0280 e. The molecule has 0 saturated carbocycles. The fourth-order valence-corrected chi connectivity index (χ4v) is 1.52. The van der Waals surface area contributed by atoms with E-state index >= 15 is 0 Å². The maximum absolute atomic E-state index is 2.34. The van der Waals surface area contributed by atoms with Gasteiger partial charge in [-0.25, -0.2) is 0 Å². The Morgan fingerprint density at radius 2 is 1.83 bits per heavy atom. The van der Waals surface area contributed by atoms with Crippen molar-refractivity contribution >= 4 is 0 Å². The van der Waals surface area contributed by atoms with Crippen LogP contribution in [0, 0.1) is 0 Å². The van der Waals surface area contributed by atoms with Crippen LogP contribution < -0.4 is 0 Å². The second-order valence-corrected chi connectivity index (χ2v) is 3.01. The lowest BCUT2D eigenvalue weighted by Crippen LogP contribution is -1.95. The van der Waals surface area contributed by atoms with Crippen molar-refractivity contribution in [2.45, 2.75) is 53.9 Å². The van der Waals surface area contributed by atoms with Gasteiger partial charge in [0, 0.05) is 0 Å². The number of allylic oxidation sites excluding steroid dienone is 4. The molecule has 12 heavy (non-hydrogen) atoms. The normalized spacial score (nSPS) is 16.6. The zero-order valence-corrected chi connectivity index (χ0v) is 9.20. The largest absolute Gasteiger partial charge is 0.0810 e. The molecule has 0 nitrogen and oxygen atoms in total. The second-order valence-electron chi connectivity index (χ2n) is 3.01. The van der Waals surface area contributed by atoms with Gasteiger partial charge in [-0.15, -0.1) is 0 Å². The van der Waals surface area contributed by atoms with Crippen LogP contribution in [0.5, 0.6) is 0 Å². The SMILES string of the molecule is CC.CCC1=C(C)C(C)=CCC1. The van der Waals surface area contributed by atoms with Crippen LogP contribution >= 0.6 is 0 Å². The van der Waals surface area contributed by atoms with Crippen LogP contribution in [0.2, 0.25) is 0 Å². The summed E-state index contributed by atoms with van der Waals surface area (Å²) in [6.07, 6.45) is 6.12.